The minimum Gasteiger partial charge on any atom is -0.497 e. The van der Waals surface area contributed by atoms with Crippen LogP contribution in [-0.4, -0.2) is 35.8 Å². The maximum Gasteiger partial charge on any atom is 0.234 e. The second kappa shape index (κ2) is 10.2. The summed E-state index contributed by atoms with van der Waals surface area (Å²) in [7, 11) is 3.14. The number of methoxy groups -OCH3 is 2. The number of carbonyl (C=O) groups is 1. The van der Waals surface area contributed by atoms with Gasteiger partial charge in [-0.15, -0.1) is 0 Å². The molecule has 0 unspecified atom stereocenters. The number of thioether (sulfide) groups is 1. The molecule has 4 rings (SSSR count). The van der Waals surface area contributed by atoms with Gasteiger partial charge in [0, 0.05) is 17.9 Å². The number of para-hydroxylation sites is 1. The van der Waals surface area contributed by atoms with Crippen LogP contribution in [0.4, 0.5) is 5.69 Å². The molecule has 0 aliphatic rings. The quantitative estimate of drug-likeness (QED) is 0.305. The Balaban J connectivity index is 1.51. The average molecular weight is 446 g/mol. The summed E-state index contributed by atoms with van der Waals surface area (Å²) in [6.45, 7) is 0. The summed E-state index contributed by atoms with van der Waals surface area (Å²) in [5.41, 5.74) is 2.60. The molecule has 3 aromatic carbocycles. The van der Waals surface area contributed by atoms with Crippen LogP contribution >= 0.6 is 11.8 Å². The minimum atomic E-state index is -0.147. The number of aromatic nitrogens is 2. The van der Waals surface area contributed by atoms with Crippen LogP contribution < -0.4 is 14.8 Å². The largest absolute Gasteiger partial charge is 0.497 e. The second-order valence-corrected chi connectivity index (χ2v) is 7.99. The molecule has 0 bridgehead atoms. The molecule has 0 saturated heterocycles. The number of nitrogens with one attached hydrogen (secondary N) is 1. The lowest BCUT2D eigenvalue weighted by Crippen LogP contribution is -2.15. The summed E-state index contributed by atoms with van der Waals surface area (Å²) in [4.78, 5) is 22.1. The molecule has 1 aromatic heterocycles. The molecule has 1 amide bonds. The number of nitrogens with zero attached hydrogens (tertiary/aromatic N) is 2. The van der Waals surface area contributed by atoms with Crippen LogP contribution in [0.5, 0.6) is 11.5 Å². The van der Waals surface area contributed by atoms with Gasteiger partial charge in [-0.05, 0) is 23.8 Å². The van der Waals surface area contributed by atoms with E-state index in [1.807, 2.05) is 42.5 Å². The molecule has 1 heterocycles. The van der Waals surface area contributed by atoms with Gasteiger partial charge in [0.05, 0.1) is 31.2 Å². The second-order valence-electron chi connectivity index (χ2n) is 7.03. The smallest absolute Gasteiger partial charge is 0.234 e. The van der Waals surface area contributed by atoms with Crippen LogP contribution in [0.1, 0.15) is 11.4 Å². The maximum atomic E-state index is 12.7. The number of ether oxygens (including phenoxy) is 2. The van der Waals surface area contributed by atoms with Crippen molar-refractivity contribution in [1.29, 1.82) is 0 Å². The van der Waals surface area contributed by atoms with Gasteiger partial charge in [0.15, 0.2) is 0 Å². The molecule has 0 fully saturated rings. The van der Waals surface area contributed by atoms with E-state index in [2.05, 4.69) is 17.4 Å². The number of rotatable bonds is 8. The number of carbonyl (C=O) groups excluding carboxylic acids is 1. The van der Waals surface area contributed by atoms with Gasteiger partial charge >= 0.3 is 0 Å². The first-order valence-corrected chi connectivity index (χ1v) is 11.1. The van der Waals surface area contributed by atoms with Crippen LogP contribution in [0.25, 0.3) is 10.9 Å². The van der Waals surface area contributed by atoms with Gasteiger partial charge in [-0.1, -0.05) is 60.3 Å². The molecule has 0 aliphatic heterocycles. The standard InChI is InChI=1S/C25H23N3O3S/c1-30-18-12-13-21(22(15-18)31-2)27-24(29)16-32-25-19-10-6-7-11-20(19)26-23(28-25)14-17-8-4-3-5-9-17/h3-13,15H,14,16H2,1-2H3,(H,27,29). The summed E-state index contributed by atoms with van der Waals surface area (Å²) in [5, 5.41) is 4.63. The van der Waals surface area contributed by atoms with Gasteiger partial charge < -0.3 is 14.8 Å². The van der Waals surface area contributed by atoms with Crippen molar-refractivity contribution in [2.24, 2.45) is 0 Å². The molecule has 0 spiro atoms. The fourth-order valence-electron chi connectivity index (χ4n) is 3.28. The van der Waals surface area contributed by atoms with E-state index in [-0.39, 0.29) is 11.7 Å². The maximum absolute atomic E-state index is 12.7. The van der Waals surface area contributed by atoms with Gasteiger partial charge in [0.2, 0.25) is 5.91 Å². The van der Waals surface area contributed by atoms with E-state index in [1.54, 1.807) is 32.4 Å². The molecule has 0 radical (unpaired) electrons. The number of hydrogen-bond donors (Lipinski definition) is 1. The van der Waals surface area contributed by atoms with Gasteiger partial charge in [-0.25, -0.2) is 9.97 Å². The highest BCUT2D eigenvalue weighted by Crippen LogP contribution is 2.30. The Labute approximate surface area is 191 Å². The SMILES string of the molecule is COc1ccc(NC(=O)CSc2nc(Cc3ccccc3)nc3ccccc23)c(OC)c1. The lowest BCUT2D eigenvalue weighted by molar-refractivity contribution is -0.113. The Bertz CT molecular complexity index is 1230. The molecular formula is C25H23N3O3S. The molecule has 7 heteroatoms. The van der Waals surface area contributed by atoms with E-state index in [9.17, 15) is 4.79 Å². The van der Waals surface area contributed by atoms with Crippen molar-refractivity contribution in [3.05, 3.63) is 84.2 Å². The summed E-state index contributed by atoms with van der Waals surface area (Å²) in [6.07, 6.45) is 0.633. The van der Waals surface area contributed by atoms with Gasteiger partial charge in [-0.2, -0.15) is 0 Å². The first kappa shape index (κ1) is 21.6. The number of fused-ring (bicyclic) bond motifs is 1. The zero-order valence-corrected chi connectivity index (χ0v) is 18.7. The lowest BCUT2D eigenvalue weighted by atomic mass is 10.1. The molecule has 0 saturated carbocycles. The van der Waals surface area contributed by atoms with E-state index in [0.29, 0.717) is 23.6 Å². The fraction of sp³-hybridized carbons (Fsp3) is 0.160. The van der Waals surface area contributed by atoms with Gasteiger partial charge in [0.25, 0.3) is 0 Å². The molecule has 0 atom stereocenters. The summed E-state index contributed by atoms with van der Waals surface area (Å²) >= 11 is 1.39. The number of benzene rings is 3. The van der Waals surface area contributed by atoms with Crippen molar-refractivity contribution >= 4 is 34.3 Å². The lowest BCUT2D eigenvalue weighted by Gasteiger charge is -2.12. The highest BCUT2D eigenvalue weighted by Gasteiger charge is 2.13. The first-order valence-electron chi connectivity index (χ1n) is 10.1. The molecule has 4 aromatic rings. The van der Waals surface area contributed by atoms with Crippen molar-refractivity contribution in [3.8, 4) is 11.5 Å². The third-order valence-corrected chi connectivity index (χ3v) is 5.83. The number of anilines is 1. The third-order valence-electron chi connectivity index (χ3n) is 4.84. The van der Waals surface area contributed by atoms with Gasteiger partial charge in [0.1, 0.15) is 22.3 Å². The van der Waals surface area contributed by atoms with Crippen molar-refractivity contribution in [1.82, 2.24) is 9.97 Å². The highest BCUT2D eigenvalue weighted by molar-refractivity contribution is 8.00. The van der Waals surface area contributed by atoms with Crippen LogP contribution in [0.2, 0.25) is 0 Å². The van der Waals surface area contributed by atoms with Gasteiger partial charge in [-0.3, -0.25) is 4.79 Å². The predicted octanol–water partition coefficient (Wildman–Crippen LogP) is 4.97. The van der Waals surface area contributed by atoms with Crippen LogP contribution in [0.3, 0.4) is 0 Å². The number of hydrogen-bond acceptors (Lipinski definition) is 6. The predicted molar refractivity (Wildman–Crippen MR) is 128 cm³/mol. The summed E-state index contributed by atoms with van der Waals surface area (Å²) < 4.78 is 10.6. The summed E-state index contributed by atoms with van der Waals surface area (Å²) in [6, 6.07) is 23.2. The Hall–Kier alpha value is -3.58. The van der Waals surface area contributed by atoms with Crippen molar-refractivity contribution in [3.63, 3.8) is 0 Å². The third kappa shape index (κ3) is 5.18. The monoisotopic (exact) mass is 445 g/mol. The Kier molecular flexibility index (Phi) is 6.87. The van der Waals surface area contributed by atoms with E-state index >= 15 is 0 Å². The molecular weight excluding hydrogens is 422 g/mol. The van der Waals surface area contributed by atoms with Crippen LogP contribution in [-0.2, 0) is 11.2 Å². The molecule has 32 heavy (non-hydrogen) atoms. The minimum absolute atomic E-state index is 0.147. The van der Waals surface area contributed by atoms with Crippen molar-refractivity contribution in [2.45, 2.75) is 11.4 Å². The molecule has 0 aliphatic carbocycles. The molecule has 162 valence electrons. The molecule has 6 nitrogen and oxygen atoms in total. The Morgan fingerprint density at radius 1 is 0.938 bits per heavy atom. The topological polar surface area (TPSA) is 73.3 Å². The highest BCUT2D eigenvalue weighted by atomic mass is 32.2. The van der Waals surface area contributed by atoms with Crippen molar-refractivity contribution in [2.75, 3.05) is 25.3 Å². The average Bonchev–Trinajstić information content (AvgIpc) is 2.83. The summed E-state index contributed by atoms with van der Waals surface area (Å²) in [5.74, 6) is 1.99. The first-order chi connectivity index (χ1) is 15.7. The van der Waals surface area contributed by atoms with E-state index < -0.39 is 0 Å². The van der Waals surface area contributed by atoms with Crippen molar-refractivity contribution < 1.29 is 14.3 Å². The van der Waals surface area contributed by atoms with Crippen LogP contribution in [0, 0.1) is 0 Å². The van der Waals surface area contributed by atoms with Crippen LogP contribution in [0.15, 0.2) is 77.8 Å². The fourth-order valence-corrected chi connectivity index (χ4v) is 4.12. The van der Waals surface area contributed by atoms with E-state index in [0.717, 1.165) is 27.3 Å². The molecule has 1 N–H and O–H groups in total. The number of amides is 1. The Morgan fingerprint density at radius 3 is 2.50 bits per heavy atom. The van der Waals surface area contributed by atoms with E-state index in [4.69, 9.17) is 19.4 Å². The van der Waals surface area contributed by atoms with E-state index in [1.165, 1.54) is 11.8 Å². The normalized spacial score (nSPS) is 10.7. The zero-order valence-electron chi connectivity index (χ0n) is 17.9. The zero-order chi connectivity index (χ0) is 22.3. The Morgan fingerprint density at radius 2 is 1.72 bits per heavy atom.